The van der Waals surface area contributed by atoms with Gasteiger partial charge in [0, 0.05) is 12.4 Å². The highest BCUT2D eigenvalue weighted by Gasteiger charge is 2.21. The lowest BCUT2D eigenvalue weighted by Gasteiger charge is -2.19. The molecule has 0 bridgehead atoms. The summed E-state index contributed by atoms with van der Waals surface area (Å²) < 4.78 is 5.29. The number of aryl methyl sites for hydroxylation is 1. The number of nitrogens with one attached hydrogen (secondary N) is 1. The van der Waals surface area contributed by atoms with E-state index >= 15 is 0 Å². The molecule has 6 heteroatoms. The molecule has 2 aromatic heterocycles. The van der Waals surface area contributed by atoms with Crippen LogP contribution in [0.1, 0.15) is 36.8 Å². The Hall–Kier alpha value is -1.82. The minimum absolute atomic E-state index is 0.172. The third kappa shape index (κ3) is 2.24. The second-order valence-electron chi connectivity index (χ2n) is 4.54. The van der Waals surface area contributed by atoms with Crippen LogP contribution >= 0.6 is 0 Å². The standard InChI is InChI=1S/C12H15N5O/c1-8-6-14-10(15-7-8)11-16-12(18-17-11)9-4-2-3-5-13-9/h6-7,9,13H,2-5H2,1H3. The number of hydrogen-bond acceptors (Lipinski definition) is 6. The molecule has 0 aliphatic carbocycles. The van der Waals surface area contributed by atoms with Gasteiger partial charge in [-0.1, -0.05) is 11.6 Å². The molecule has 3 heterocycles. The van der Waals surface area contributed by atoms with Crippen LogP contribution in [0.25, 0.3) is 11.6 Å². The topological polar surface area (TPSA) is 76.7 Å². The quantitative estimate of drug-likeness (QED) is 0.866. The zero-order chi connectivity index (χ0) is 12.4. The fourth-order valence-electron chi connectivity index (χ4n) is 2.04. The van der Waals surface area contributed by atoms with Gasteiger partial charge in [-0.3, -0.25) is 0 Å². The summed E-state index contributed by atoms with van der Waals surface area (Å²) in [5, 5.41) is 7.31. The van der Waals surface area contributed by atoms with Crippen LogP contribution in [0.15, 0.2) is 16.9 Å². The summed E-state index contributed by atoms with van der Waals surface area (Å²) >= 11 is 0. The van der Waals surface area contributed by atoms with E-state index in [0.717, 1.165) is 18.5 Å². The van der Waals surface area contributed by atoms with Gasteiger partial charge in [0.1, 0.15) is 0 Å². The second kappa shape index (κ2) is 4.81. The normalized spacial score (nSPS) is 19.9. The van der Waals surface area contributed by atoms with Crippen LogP contribution in [0.2, 0.25) is 0 Å². The van der Waals surface area contributed by atoms with Crippen molar-refractivity contribution in [3.63, 3.8) is 0 Å². The van der Waals surface area contributed by atoms with Crippen LogP contribution in [-0.4, -0.2) is 26.7 Å². The van der Waals surface area contributed by atoms with Crippen molar-refractivity contribution in [2.75, 3.05) is 6.54 Å². The molecule has 1 N–H and O–H groups in total. The number of piperidine rings is 1. The lowest BCUT2D eigenvalue weighted by atomic mass is 10.1. The van der Waals surface area contributed by atoms with Crippen LogP contribution in [0.5, 0.6) is 0 Å². The van der Waals surface area contributed by atoms with E-state index in [1.54, 1.807) is 12.4 Å². The average molecular weight is 245 g/mol. The average Bonchev–Trinajstić information content (AvgIpc) is 2.90. The molecule has 0 aromatic carbocycles. The van der Waals surface area contributed by atoms with Crippen molar-refractivity contribution in [1.82, 2.24) is 25.4 Å². The molecule has 1 atom stereocenters. The molecule has 0 radical (unpaired) electrons. The molecule has 0 spiro atoms. The van der Waals surface area contributed by atoms with E-state index in [1.807, 2.05) is 6.92 Å². The third-order valence-corrected chi connectivity index (χ3v) is 3.03. The first-order valence-corrected chi connectivity index (χ1v) is 6.19. The SMILES string of the molecule is Cc1cnc(-c2noc(C3CCCCN3)n2)nc1. The zero-order valence-corrected chi connectivity index (χ0v) is 10.3. The summed E-state index contributed by atoms with van der Waals surface area (Å²) in [7, 11) is 0. The Morgan fingerprint density at radius 3 is 2.78 bits per heavy atom. The highest BCUT2D eigenvalue weighted by atomic mass is 16.5. The van der Waals surface area contributed by atoms with Gasteiger partial charge in [-0.2, -0.15) is 4.98 Å². The molecular formula is C12H15N5O. The molecule has 1 aliphatic heterocycles. The van der Waals surface area contributed by atoms with E-state index in [1.165, 1.54) is 12.8 Å². The predicted octanol–water partition coefficient (Wildman–Crippen LogP) is 1.65. The van der Waals surface area contributed by atoms with Crippen molar-refractivity contribution in [2.24, 2.45) is 0 Å². The lowest BCUT2D eigenvalue weighted by Crippen LogP contribution is -2.26. The minimum Gasteiger partial charge on any atom is -0.337 e. The van der Waals surface area contributed by atoms with E-state index in [-0.39, 0.29) is 6.04 Å². The Kier molecular flexibility index (Phi) is 3.02. The van der Waals surface area contributed by atoms with Gasteiger partial charge in [0.2, 0.25) is 17.5 Å². The largest absolute Gasteiger partial charge is 0.337 e. The Morgan fingerprint density at radius 2 is 2.06 bits per heavy atom. The summed E-state index contributed by atoms with van der Waals surface area (Å²) in [5.41, 5.74) is 1.01. The van der Waals surface area contributed by atoms with Crippen LogP contribution in [-0.2, 0) is 0 Å². The summed E-state index contributed by atoms with van der Waals surface area (Å²) in [4.78, 5) is 12.7. The van der Waals surface area contributed by atoms with Gasteiger partial charge in [0.05, 0.1) is 6.04 Å². The third-order valence-electron chi connectivity index (χ3n) is 3.03. The molecule has 0 amide bonds. The summed E-state index contributed by atoms with van der Waals surface area (Å²) in [5.74, 6) is 1.60. The molecule has 3 rings (SSSR count). The molecule has 6 nitrogen and oxygen atoms in total. The van der Waals surface area contributed by atoms with Crippen LogP contribution in [0.3, 0.4) is 0 Å². The molecule has 0 saturated carbocycles. The smallest absolute Gasteiger partial charge is 0.244 e. The summed E-state index contributed by atoms with van der Waals surface area (Å²) in [6.45, 7) is 2.95. The van der Waals surface area contributed by atoms with Crippen LogP contribution in [0, 0.1) is 6.92 Å². The molecule has 1 fully saturated rings. The highest BCUT2D eigenvalue weighted by molar-refractivity contribution is 5.41. The van der Waals surface area contributed by atoms with Gasteiger partial charge in [0.15, 0.2) is 0 Å². The maximum absolute atomic E-state index is 5.29. The Morgan fingerprint density at radius 1 is 1.22 bits per heavy atom. The molecular weight excluding hydrogens is 230 g/mol. The maximum atomic E-state index is 5.29. The highest BCUT2D eigenvalue weighted by Crippen LogP contribution is 2.22. The summed E-state index contributed by atoms with van der Waals surface area (Å²) in [6.07, 6.45) is 6.93. The predicted molar refractivity (Wildman–Crippen MR) is 64.7 cm³/mol. The maximum Gasteiger partial charge on any atom is 0.244 e. The van der Waals surface area contributed by atoms with E-state index in [9.17, 15) is 0 Å². The minimum atomic E-state index is 0.172. The Bertz CT molecular complexity index is 516. The molecule has 18 heavy (non-hydrogen) atoms. The van der Waals surface area contributed by atoms with E-state index in [0.29, 0.717) is 17.5 Å². The fraction of sp³-hybridized carbons (Fsp3) is 0.500. The first-order chi connectivity index (χ1) is 8.83. The second-order valence-corrected chi connectivity index (χ2v) is 4.54. The van der Waals surface area contributed by atoms with Crippen LogP contribution < -0.4 is 5.32 Å². The van der Waals surface area contributed by atoms with Gasteiger partial charge in [-0.25, -0.2) is 9.97 Å². The molecule has 1 aliphatic rings. The first kappa shape index (κ1) is 11.3. The number of nitrogens with zero attached hydrogens (tertiary/aromatic N) is 4. The Labute approximate surface area is 105 Å². The van der Waals surface area contributed by atoms with Crippen molar-refractivity contribution in [3.8, 4) is 11.6 Å². The van der Waals surface area contributed by atoms with Crippen LogP contribution in [0.4, 0.5) is 0 Å². The molecule has 94 valence electrons. The number of aromatic nitrogens is 4. The van der Waals surface area contributed by atoms with Crippen molar-refractivity contribution in [3.05, 3.63) is 23.8 Å². The van der Waals surface area contributed by atoms with Gasteiger partial charge < -0.3 is 9.84 Å². The van der Waals surface area contributed by atoms with Crippen molar-refractivity contribution >= 4 is 0 Å². The lowest BCUT2D eigenvalue weighted by molar-refractivity contribution is 0.297. The monoisotopic (exact) mass is 245 g/mol. The molecule has 1 saturated heterocycles. The van der Waals surface area contributed by atoms with Gasteiger partial charge in [-0.15, -0.1) is 0 Å². The van der Waals surface area contributed by atoms with E-state index in [2.05, 4.69) is 25.4 Å². The zero-order valence-electron chi connectivity index (χ0n) is 10.3. The van der Waals surface area contributed by atoms with Gasteiger partial charge in [0.25, 0.3) is 0 Å². The van der Waals surface area contributed by atoms with Crippen molar-refractivity contribution in [2.45, 2.75) is 32.2 Å². The molecule has 1 unspecified atom stereocenters. The van der Waals surface area contributed by atoms with E-state index in [4.69, 9.17) is 4.52 Å². The number of hydrogen-bond donors (Lipinski definition) is 1. The number of rotatable bonds is 2. The first-order valence-electron chi connectivity index (χ1n) is 6.19. The van der Waals surface area contributed by atoms with Crippen molar-refractivity contribution < 1.29 is 4.52 Å². The van der Waals surface area contributed by atoms with E-state index < -0.39 is 0 Å². The molecule has 2 aromatic rings. The van der Waals surface area contributed by atoms with Gasteiger partial charge in [-0.05, 0) is 31.9 Å². The van der Waals surface area contributed by atoms with Gasteiger partial charge >= 0.3 is 0 Å². The fourth-order valence-corrected chi connectivity index (χ4v) is 2.04. The van der Waals surface area contributed by atoms with Crippen molar-refractivity contribution in [1.29, 1.82) is 0 Å². The summed E-state index contributed by atoms with van der Waals surface area (Å²) in [6, 6.07) is 0.172. The Balaban J connectivity index is 1.82.